The van der Waals surface area contributed by atoms with Gasteiger partial charge < -0.3 is 0 Å². The topological polar surface area (TPSA) is 17.1 Å². The van der Waals surface area contributed by atoms with Gasteiger partial charge in [-0.1, -0.05) is 0 Å². The first kappa shape index (κ1) is 7.92. The second-order valence-electron chi connectivity index (χ2n) is 2.21. The van der Waals surface area contributed by atoms with Crippen molar-refractivity contribution in [1.82, 2.24) is 0 Å². The zero-order valence-corrected chi connectivity index (χ0v) is 6.01. The summed E-state index contributed by atoms with van der Waals surface area (Å²) in [6.45, 7) is 3.58. The van der Waals surface area contributed by atoms with Gasteiger partial charge in [0.15, 0.2) is 0 Å². The van der Waals surface area contributed by atoms with E-state index in [0.29, 0.717) is 23.8 Å². The Morgan fingerprint density at radius 3 is 2.82 bits per heavy atom. The molecule has 0 aliphatic rings. The van der Waals surface area contributed by atoms with Crippen molar-refractivity contribution in [2.75, 3.05) is 0 Å². The standard InChI is InChI=1S/C9H8FO/c1-2-7-5-9(10)4-3-8(7)6-11/h3-6H,1-2H2. The van der Waals surface area contributed by atoms with Gasteiger partial charge in [-0.15, -0.1) is 0 Å². The van der Waals surface area contributed by atoms with Crippen LogP contribution in [0.1, 0.15) is 15.9 Å². The smallest absolute Gasteiger partial charge is 0.150 e. The number of rotatable bonds is 2. The number of halogens is 1. The van der Waals surface area contributed by atoms with Crippen LogP contribution in [-0.4, -0.2) is 6.29 Å². The number of hydrogen-bond acceptors (Lipinski definition) is 1. The third kappa shape index (κ3) is 1.64. The summed E-state index contributed by atoms with van der Waals surface area (Å²) in [4.78, 5) is 10.3. The normalized spacial score (nSPS) is 9.64. The van der Waals surface area contributed by atoms with E-state index in [2.05, 4.69) is 6.92 Å². The first-order valence-electron chi connectivity index (χ1n) is 3.30. The van der Waals surface area contributed by atoms with Crippen LogP contribution < -0.4 is 0 Å². The van der Waals surface area contributed by atoms with E-state index in [1.165, 1.54) is 18.2 Å². The molecule has 0 heterocycles. The Labute approximate surface area is 64.9 Å². The molecule has 1 nitrogen and oxygen atoms in total. The zero-order chi connectivity index (χ0) is 8.27. The minimum absolute atomic E-state index is 0.325. The fourth-order valence-corrected chi connectivity index (χ4v) is 0.906. The Bertz CT molecular complexity index is 268. The van der Waals surface area contributed by atoms with Gasteiger partial charge in [0.25, 0.3) is 0 Å². The van der Waals surface area contributed by atoms with Gasteiger partial charge in [-0.3, -0.25) is 4.79 Å². The van der Waals surface area contributed by atoms with Crippen LogP contribution in [0.15, 0.2) is 18.2 Å². The Balaban J connectivity index is 3.16. The molecular formula is C9H8FO. The highest BCUT2D eigenvalue weighted by Gasteiger charge is 1.99. The molecule has 0 bridgehead atoms. The minimum Gasteiger partial charge on any atom is -0.298 e. The van der Waals surface area contributed by atoms with Gasteiger partial charge >= 0.3 is 0 Å². The summed E-state index contributed by atoms with van der Waals surface area (Å²) in [6.07, 6.45) is 1.14. The summed E-state index contributed by atoms with van der Waals surface area (Å²) in [7, 11) is 0. The molecule has 11 heavy (non-hydrogen) atoms. The van der Waals surface area contributed by atoms with Crippen molar-refractivity contribution in [2.24, 2.45) is 0 Å². The van der Waals surface area contributed by atoms with Gasteiger partial charge in [-0.25, -0.2) is 4.39 Å². The quantitative estimate of drug-likeness (QED) is 0.591. The molecule has 0 saturated carbocycles. The third-order valence-corrected chi connectivity index (χ3v) is 1.50. The lowest BCUT2D eigenvalue weighted by Crippen LogP contribution is -1.91. The van der Waals surface area contributed by atoms with E-state index in [-0.39, 0.29) is 5.82 Å². The van der Waals surface area contributed by atoms with Gasteiger partial charge in [0.1, 0.15) is 12.1 Å². The molecule has 0 unspecified atom stereocenters. The molecule has 0 aliphatic carbocycles. The summed E-state index contributed by atoms with van der Waals surface area (Å²) in [6, 6.07) is 4.06. The highest BCUT2D eigenvalue weighted by molar-refractivity contribution is 5.77. The van der Waals surface area contributed by atoms with Crippen molar-refractivity contribution in [3.05, 3.63) is 42.1 Å². The Morgan fingerprint density at radius 2 is 2.27 bits per heavy atom. The monoisotopic (exact) mass is 151 g/mol. The van der Waals surface area contributed by atoms with Gasteiger partial charge in [-0.2, -0.15) is 0 Å². The molecule has 1 rings (SSSR count). The lowest BCUT2D eigenvalue weighted by Gasteiger charge is -1.99. The van der Waals surface area contributed by atoms with Crippen LogP contribution in [0.4, 0.5) is 4.39 Å². The van der Waals surface area contributed by atoms with E-state index in [1.54, 1.807) is 0 Å². The van der Waals surface area contributed by atoms with E-state index in [4.69, 9.17) is 0 Å². The zero-order valence-electron chi connectivity index (χ0n) is 6.01. The van der Waals surface area contributed by atoms with E-state index in [9.17, 15) is 9.18 Å². The van der Waals surface area contributed by atoms with E-state index in [0.717, 1.165) is 0 Å². The van der Waals surface area contributed by atoms with Crippen LogP contribution in [0.5, 0.6) is 0 Å². The molecule has 0 aromatic heterocycles. The maximum Gasteiger partial charge on any atom is 0.150 e. The summed E-state index contributed by atoms with van der Waals surface area (Å²) in [5, 5.41) is 0. The molecule has 2 heteroatoms. The molecule has 0 amide bonds. The van der Waals surface area contributed by atoms with Crippen molar-refractivity contribution in [3.63, 3.8) is 0 Å². The van der Waals surface area contributed by atoms with Crippen molar-refractivity contribution < 1.29 is 9.18 Å². The number of aldehydes is 1. The first-order chi connectivity index (χ1) is 5.27. The second kappa shape index (κ2) is 3.28. The van der Waals surface area contributed by atoms with Gasteiger partial charge in [-0.05, 0) is 37.1 Å². The molecule has 0 fully saturated rings. The number of carbonyl (C=O) groups is 1. The van der Waals surface area contributed by atoms with Crippen molar-refractivity contribution in [2.45, 2.75) is 6.42 Å². The van der Waals surface area contributed by atoms with E-state index in [1.807, 2.05) is 0 Å². The number of hydrogen-bond donors (Lipinski definition) is 0. The molecule has 57 valence electrons. The molecule has 0 spiro atoms. The molecule has 0 saturated heterocycles. The molecule has 0 aliphatic heterocycles. The minimum atomic E-state index is -0.325. The maximum absolute atomic E-state index is 12.5. The highest BCUT2D eigenvalue weighted by Crippen LogP contribution is 2.09. The molecule has 1 aromatic rings. The predicted molar refractivity (Wildman–Crippen MR) is 40.8 cm³/mol. The number of carbonyl (C=O) groups excluding carboxylic acids is 1. The fourth-order valence-electron chi connectivity index (χ4n) is 0.906. The predicted octanol–water partition coefficient (Wildman–Crippen LogP) is 2.01. The van der Waals surface area contributed by atoms with Crippen LogP contribution in [0.25, 0.3) is 0 Å². The van der Waals surface area contributed by atoms with Gasteiger partial charge in [0.2, 0.25) is 0 Å². The average Bonchev–Trinajstić information content (AvgIpc) is 2.04. The van der Waals surface area contributed by atoms with Crippen LogP contribution in [0.3, 0.4) is 0 Å². The summed E-state index contributed by atoms with van der Waals surface area (Å²) >= 11 is 0. The number of benzene rings is 1. The lowest BCUT2D eigenvalue weighted by molar-refractivity contribution is 0.112. The average molecular weight is 151 g/mol. The molecule has 0 atom stereocenters. The van der Waals surface area contributed by atoms with Gasteiger partial charge in [0, 0.05) is 5.56 Å². The van der Waals surface area contributed by atoms with Crippen molar-refractivity contribution >= 4 is 6.29 Å². The van der Waals surface area contributed by atoms with Crippen molar-refractivity contribution in [1.29, 1.82) is 0 Å². The SMILES string of the molecule is [CH2]Cc1cc(F)ccc1C=O. The summed E-state index contributed by atoms with van der Waals surface area (Å²) in [5.74, 6) is -0.325. The van der Waals surface area contributed by atoms with E-state index >= 15 is 0 Å². The highest BCUT2D eigenvalue weighted by atomic mass is 19.1. The molecule has 1 radical (unpaired) electrons. The van der Waals surface area contributed by atoms with Crippen LogP contribution in [0.2, 0.25) is 0 Å². The maximum atomic E-state index is 12.5. The van der Waals surface area contributed by atoms with Gasteiger partial charge in [0.05, 0.1) is 0 Å². The molecule has 0 N–H and O–H groups in total. The largest absolute Gasteiger partial charge is 0.298 e. The lowest BCUT2D eigenvalue weighted by atomic mass is 10.1. The Kier molecular flexibility index (Phi) is 2.36. The fraction of sp³-hybridized carbons (Fsp3) is 0.111. The Hall–Kier alpha value is -1.18. The summed E-state index contributed by atoms with van der Waals surface area (Å²) < 4.78 is 12.5. The Morgan fingerprint density at radius 1 is 1.55 bits per heavy atom. The van der Waals surface area contributed by atoms with Crippen LogP contribution >= 0.6 is 0 Å². The molecular weight excluding hydrogens is 143 g/mol. The first-order valence-corrected chi connectivity index (χ1v) is 3.30. The van der Waals surface area contributed by atoms with E-state index < -0.39 is 0 Å². The molecule has 1 aromatic carbocycles. The van der Waals surface area contributed by atoms with Crippen molar-refractivity contribution in [3.8, 4) is 0 Å². The second-order valence-corrected chi connectivity index (χ2v) is 2.21. The summed E-state index contributed by atoms with van der Waals surface area (Å²) in [5.41, 5.74) is 1.17. The third-order valence-electron chi connectivity index (χ3n) is 1.50. The van der Waals surface area contributed by atoms with Crippen LogP contribution in [-0.2, 0) is 6.42 Å². The van der Waals surface area contributed by atoms with Crippen LogP contribution in [0, 0.1) is 12.7 Å².